The predicted octanol–water partition coefficient (Wildman–Crippen LogP) is 1.23. The molecule has 1 amide bonds. The van der Waals surface area contributed by atoms with E-state index in [1.807, 2.05) is 41.5 Å². The molecule has 0 fully saturated rings. The highest BCUT2D eigenvalue weighted by molar-refractivity contribution is 5.68. The molecule has 0 aromatic rings. The SMILES string of the molecule is CC(CN)NCC(C)(C)NC(=O)OC(C)(C)C. The molecule has 0 saturated heterocycles. The summed E-state index contributed by atoms with van der Waals surface area (Å²) < 4.78 is 5.20. The van der Waals surface area contributed by atoms with Gasteiger partial charge in [0, 0.05) is 19.1 Å². The molecule has 0 saturated carbocycles. The molecule has 0 radical (unpaired) electrons. The molecule has 0 bridgehead atoms. The first-order valence-corrected chi connectivity index (χ1v) is 6.00. The van der Waals surface area contributed by atoms with Crippen LogP contribution in [0.1, 0.15) is 41.5 Å². The number of rotatable bonds is 5. The smallest absolute Gasteiger partial charge is 0.408 e. The van der Waals surface area contributed by atoms with E-state index in [2.05, 4.69) is 10.6 Å². The van der Waals surface area contributed by atoms with Crippen molar-refractivity contribution in [1.82, 2.24) is 10.6 Å². The topological polar surface area (TPSA) is 76.4 Å². The van der Waals surface area contributed by atoms with Gasteiger partial charge in [-0.1, -0.05) is 0 Å². The van der Waals surface area contributed by atoms with E-state index in [1.54, 1.807) is 0 Å². The summed E-state index contributed by atoms with van der Waals surface area (Å²) in [5.41, 5.74) is 4.67. The second-order valence-electron chi connectivity index (χ2n) is 6.03. The van der Waals surface area contributed by atoms with Gasteiger partial charge in [-0.15, -0.1) is 0 Å². The molecule has 0 aliphatic heterocycles. The highest BCUT2D eigenvalue weighted by Crippen LogP contribution is 2.09. The Morgan fingerprint density at radius 3 is 2.24 bits per heavy atom. The van der Waals surface area contributed by atoms with Gasteiger partial charge in [0.2, 0.25) is 0 Å². The molecule has 0 aromatic heterocycles. The van der Waals surface area contributed by atoms with Gasteiger partial charge in [-0.2, -0.15) is 0 Å². The van der Waals surface area contributed by atoms with Gasteiger partial charge in [0.05, 0.1) is 5.54 Å². The number of hydrogen-bond donors (Lipinski definition) is 3. The molecule has 0 spiro atoms. The minimum Gasteiger partial charge on any atom is -0.444 e. The van der Waals surface area contributed by atoms with Gasteiger partial charge < -0.3 is 21.1 Å². The number of alkyl carbamates (subject to hydrolysis) is 1. The van der Waals surface area contributed by atoms with Crippen molar-refractivity contribution in [2.24, 2.45) is 5.73 Å². The lowest BCUT2D eigenvalue weighted by Crippen LogP contribution is -2.53. The second-order valence-corrected chi connectivity index (χ2v) is 6.03. The molecule has 0 aromatic carbocycles. The molecule has 0 rings (SSSR count). The Balaban J connectivity index is 4.11. The van der Waals surface area contributed by atoms with Crippen molar-refractivity contribution in [2.45, 2.75) is 58.7 Å². The first kappa shape index (κ1) is 16.2. The maximum atomic E-state index is 11.6. The van der Waals surface area contributed by atoms with Gasteiger partial charge in [-0.3, -0.25) is 0 Å². The third kappa shape index (κ3) is 8.94. The highest BCUT2D eigenvalue weighted by atomic mass is 16.6. The average molecular weight is 245 g/mol. The molecule has 5 heteroatoms. The Morgan fingerprint density at radius 1 is 1.29 bits per heavy atom. The van der Waals surface area contributed by atoms with Gasteiger partial charge in [0.1, 0.15) is 5.60 Å². The van der Waals surface area contributed by atoms with Crippen molar-refractivity contribution in [3.63, 3.8) is 0 Å². The summed E-state index contributed by atoms with van der Waals surface area (Å²) in [5.74, 6) is 0. The van der Waals surface area contributed by atoms with Crippen molar-refractivity contribution in [3.05, 3.63) is 0 Å². The number of nitrogens with two attached hydrogens (primary N) is 1. The third-order valence-corrected chi connectivity index (χ3v) is 2.09. The fraction of sp³-hybridized carbons (Fsp3) is 0.917. The lowest BCUT2D eigenvalue weighted by molar-refractivity contribution is 0.0471. The maximum absolute atomic E-state index is 11.6. The van der Waals surface area contributed by atoms with Crippen LogP contribution in [0.25, 0.3) is 0 Å². The van der Waals surface area contributed by atoms with Crippen LogP contribution in [0.15, 0.2) is 0 Å². The van der Waals surface area contributed by atoms with E-state index < -0.39 is 11.7 Å². The fourth-order valence-electron chi connectivity index (χ4n) is 1.14. The van der Waals surface area contributed by atoms with E-state index in [1.165, 1.54) is 0 Å². The van der Waals surface area contributed by atoms with Crippen LogP contribution in [0.5, 0.6) is 0 Å². The quantitative estimate of drug-likeness (QED) is 0.681. The average Bonchev–Trinajstić information content (AvgIpc) is 2.10. The summed E-state index contributed by atoms with van der Waals surface area (Å²) in [5, 5.41) is 6.07. The second kappa shape index (κ2) is 6.21. The largest absolute Gasteiger partial charge is 0.444 e. The summed E-state index contributed by atoms with van der Waals surface area (Å²) >= 11 is 0. The molecule has 0 heterocycles. The Morgan fingerprint density at radius 2 is 1.82 bits per heavy atom. The van der Waals surface area contributed by atoms with Crippen LogP contribution in [0.3, 0.4) is 0 Å². The highest BCUT2D eigenvalue weighted by Gasteiger charge is 2.24. The van der Waals surface area contributed by atoms with Crippen LogP contribution in [0.2, 0.25) is 0 Å². The molecule has 0 aliphatic rings. The van der Waals surface area contributed by atoms with Crippen molar-refractivity contribution >= 4 is 6.09 Å². The van der Waals surface area contributed by atoms with Crippen LogP contribution < -0.4 is 16.4 Å². The van der Waals surface area contributed by atoms with Crippen molar-refractivity contribution in [1.29, 1.82) is 0 Å². The van der Waals surface area contributed by atoms with Gasteiger partial charge in [0.25, 0.3) is 0 Å². The van der Waals surface area contributed by atoms with Gasteiger partial charge in [0.15, 0.2) is 0 Å². The number of hydrogen-bond acceptors (Lipinski definition) is 4. The lowest BCUT2D eigenvalue weighted by atomic mass is 10.1. The third-order valence-electron chi connectivity index (χ3n) is 2.09. The molecular weight excluding hydrogens is 218 g/mol. The minimum absolute atomic E-state index is 0.231. The van der Waals surface area contributed by atoms with Gasteiger partial charge in [-0.05, 0) is 41.5 Å². The van der Waals surface area contributed by atoms with Crippen LogP contribution in [0, 0.1) is 0 Å². The van der Waals surface area contributed by atoms with Gasteiger partial charge in [-0.25, -0.2) is 4.79 Å². The molecule has 1 unspecified atom stereocenters. The fourth-order valence-corrected chi connectivity index (χ4v) is 1.14. The molecule has 1 atom stereocenters. The summed E-state index contributed by atoms with van der Waals surface area (Å²) in [6.07, 6.45) is -0.398. The summed E-state index contributed by atoms with van der Waals surface area (Å²) in [7, 11) is 0. The Labute approximate surface area is 104 Å². The number of ether oxygens (including phenoxy) is 1. The van der Waals surface area contributed by atoms with Crippen LogP contribution in [0.4, 0.5) is 4.79 Å². The zero-order valence-electron chi connectivity index (χ0n) is 11.9. The molecule has 102 valence electrons. The van der Waals surface area contributed by atoms with Crippen molar-refractivity contribution in [3.8, 4) is 0 Å². The zero-order chi connectivity index (χ0) is 13.7. The maximum Gasteiger partial charge on any atom is 0.408 e. The monoisotopic (exact) mass is 245 g/mol. The molecule has 0 aliphatic carbocycles. The first-order chi connectivity index (χ1) is 7.56. The van der Waals surface area contributed by atoms with Crippen molar-refractivity contribution in [2.75, 3.05) is 13.1 Å². The minimum atomic E-state index is -0.474. The normalized spacial score (nSPS) is 14.3. The Kier molecular flexibility index (Phi) is 5.92. The van der Waals surface area contributed by atoms with Crippen LogP contribution in [-0.2, 0) is 4.74 Å². The molecule has 17 heavy (non-hydrogen) atoms. The number of amides is 1. The molecule has 4 N–H and O–H groups in total. The number of carbonyl (C=O) groups excluding carboxylic acids is 1. The summed E-state index contributed by atoms with van der Waals surface area (Å²) in [6, 6.07) is 0.231. The van der Waals surface area contributed by atoms with E-state index >= 15 is 0 Å². The van der Waals surface area contributed by atoms with E-state index in [-0.39, 0.29) is 11.6 Å². The van der Waals surface area contributed by atoms with Crippen LogP contribution >= 0.6 is 0 Å². The van der Waals surface area contributed by atoms with E-state index in [0.717, 1.165) is 0 Å². The van der Waals surface area contributed by atoms with E-state index in [4.69, 9.17) is 10.5 Å². The van der Waals surface area contributed by atoms with Crippen molar-refractivity contribution < 1.29 is 9.53 Å². The Hall–Kier alpha value is -0.810. The van der Waals surface area contributed by atoms with Crippen LogP contribution in [-0.4, -0.2) is 36.4 Å². The van der Waals surface area contributed by atoms with E-state index in [9.17, 15) is 4.79 Å². The van der Waals surface area contributed by atoms with Gasteiger partial charge >= 0.3 is 6.09 Å². The summed E-state index contributed by atoms with van der Waals surface area (Å²) in [6.45, 7) is 12.6. The molecule has 5 nitrogen and oxygen atoms in total. The Bertz CT molecular complexity index is 247. The number of nitrogens with one attached hydrogen (secondary N) is 2. The standard InChI is InChI=1S/C12H27N3O2/c1-9(7-13)14-8-12(5,6)15-10(16)17-11(2,3)4/h9,14H,7-8,13H2,1-6H3,(H,15,16). The predicted molar refractivity (Wildman–Crippen MR) is 70.0 cm³/mol. The van der Waals surface area contributed by atoms with E-state index in [0.29, 0.717) is 13.1 Å². The summed E-state index contributed by atoms with van der Waals surface area (Å²) in [4.78, 5) is 11.6. The zero-order valence-corrected chi connectivity index (χ0v) is 11.9. The lowest BCUT2D eigenvalue weighted by Gasteiger charge is -2.30. The molecular formula is C12H27N3O2. The first-order valence-electron chi connectivity index (χ1n) is 6.00. The number of carbonyl (C=O) groups is 1.